The number of hydrogen-bond donors (Lipinski definition) is 12. The predicted molar refractivity (Wildman–Crippen MR) is 360 cm³/mol. The van der Waals surface area contributed by atoms with Gasteiger partial charge in [0.1, 0.15) is 73.2 Å². The molecule has 0 aromatic heterocycles. The molecule has 92 heavy (non-hydrogen) atoms. The Morgan fingerprint density at radius 2 is 0.674 bits per heavy atom. The van der Waals surface area contributed by atoms with Crippen molar-refractivity contribution in [2.24, 2.45) is 0 Å². The summed E-state index contributed by atoms with van der Waals surface area (Å²) in [6.45, 7) is 1.71. The molecular weight excluding hydrogens is 1180 g/mol. The normalized spacial score (nSPS) is 27.7. The van der Waals surface area contributed by atoms with Crippen LogP contribution in [-0.4, -0.2) is 193 Å². The highest BCUT2D eigenvalue weighted by atomic mass is 16.8. The van der Waals surface area contributed by atoms with Gasteiger partial charge in [-0.1, -0.05) is 302 Å². The third-order valence-electron chi connectivity index (χ3n) is 19.3. The summed E-state index contributed by atoms with van der Waals surface area (Å²) in [5, 5.41) is 120. The van der Waals surface area contributed by atoms with E-state index in [0.717, 1.165) is 51.4 Å². The van der Waals surface area contributed by atoms with Gasteiger partial charge in [0.15, 0.2) is 18.9 Å². The number of allylic oxidation sites excluding steroid dienone is 1. The predicted octanol–water partition coefficient (Wildman–Crippen LogP) is 11.2. The van der Waals surface area contributed by atoms with E-state index >= 15 is 0 Å². The topological polar surface area (TPSA) is 307 Å². The molecule has 19 heteroatoms. The number of carbonyl (C=O) groups is 1. The van der Waals surface area contributed by atoms with E-state index in [1.54, 1.807) is 6.08 Å². The van der Waals surface area contributed by atoms with Gasteiger partial charge in [-0.25, -0.2) is 0 Å². The van der Waals surface area contributed by atoms with Crippen LogP contribution in [0.15, 0.2) is 12.2 Å². The second-order valence-electron chi connectivity index (χ2n) is 27.5. The van der Waals surface area contributed by atoms with Crippen molar-refractivity contribution in [3.63, 3.8) is 0 Å². The molecule has 3 aliphatic rings. The van der Waals surface area contributed by atoms with E-state index in [0.29, 0.717) is 6.42 Å². The lowest BCUT2D eigenvalue weighted by Crippen LogP contribution is -2.66. The first kappa shape index (κ1) is 84.8. The summed E-state index contributed by atoms with van der Waals surface area (Å²) in [6.07, 6.45) is 37.2. The van der Waals surface area contributed by atoms with Crippen LogP contribution in [0.1, 0.15) is 316 Å². The lowest BCUT2D eigenvalue weighted by Gasteiger charge is -2.48. The number of aliphatic hydroxyl groups is 11. The Kier molecular flexibility index (Phi) is 51.0. The zero-order valence-electron chi connectivity index (χ0n) is 57.8. The van der Waals surface area contributed by atoms with E-state index in [1.165, 1.54) is 238 Å². The van der Waals surface area contributed by atoms with Crippen LogP contribution >= 0.6 is 0 Å². The maximum atomic E-state index is 13.3. The monoisotopic (exact) mass is 1320 g/mol. The van der Waals surface area contributed by atoms with Crippen LogP contribution in [0.4, 0.5) is 0 Å². The lowest BCUT2D eigenvalue weighted by molar-refractivity contribution is -0.379. The fourth-order valence-electron chi connectivity index (χ4n) is 13.2. The van der Waals surface area contributed by atoms with Crippen LogP contribution in [0, 0.1) is 0 Å². The highest BCUT2D eigenvalue weighted by Crippen LogP contribution is 2.33. The van der Waals surface area contributed by atoms with Crippen molar-refractivity contribution in [2.75, 3.05) is 26.4 Å². The van der Waals surface area contributed by atoms with Crippen LogP contribution in [0.2, 0.25) is 0 Å². The standard InChI is InChI=1S/C73H139NO18/c1-3-5-7-9-11-13-14-15-16-17-18-19-20-21-22-23-24-25-26-27-28-29-30-31-32-33-34-35-36-37-38-39-40-41-42-43-45-47-49-51-61(79)74-56(57(78)50-48-46-44-12-10-8-6-4-2)55-87-71-67(85)64(82)69(59(53-76)89-71)92-73-68(86)65(83)70(60(54-77)90-73)91-72-66(84)63(81)62(80)58(52-75)88-72/h48,50,56-60,62-73,75-78,80-86H,3-47,49,51-55H2,1-2H3,(H,74,79)/b50-48+. The molecular formula is C73H139NO18. The summed E-state index contributed by atoms with van der Waals surface area (Å²) >= 11 is 0. The SMILES string of the molecule is CCCCCCCC/C=C/C(O)C(COC1OC(CO)C(OC2OC(CO)C(OC3OC(CO)C(O)C(O)C3O)C(O)C2O)C(O)C1O)NC(=O)CCCCCCCCCCCCCCCCCCCCCCCCCCCCCCCCCCCCCCCCC. The quantitative estimate of drug-likeness (QED) is 0.0199. The van der Waals surface area contributed by atoms with Gasteiger partial charge < -0.3 is 89.9 Å². The van der Waals surface area contributed by atoms with E-state index in [1.807, 2.05) is 6.08 Å². The van der Waals surface area contributed by atoms with Gasteiger partial charge in [0, 0.05) is 6.42 Å². The zero-order valence-corrected chi connectivity index (χ0v) is 57.8. The number of unbranched alkanes of at least 4 members (excludes halogenated alkanes) is 44. The zero-order chi connectivity index (χ0) is 66.8. The van der Waals surface area contributed by atoms with E-state index in [4.69, 9.17) is 28.4 Å². The minimum atomic E-state index is -1.97. The number of aliphatic hydroxyl groups excluding tert-OH is 11. The molecule has 0 aromatic carbocycles. The minimum Gasteiger partial charge on any atom is -0.394 e. The highest BCUT2D eigenvalue weighted by molar-refractivity contribution is 5.76. The number of ether oxygens (including phenoxy) is 6. The second-order valence-corrected chi connectivity index (χ2v) is 27.5. The molecule has 17 atom stereocenters. The molecule has 0 radical (unpaired) electrons. The molecule has 544 valence electrons. The smallest absolute Gasteiger partial charge is 0.220 e. The van der Waals surface area contributed by atoms with Crippen molar-refractivity contribution in [2.45, 2.75) is 420 Å². The highest BCUT2D eigenvalue weighted by Gasteiger charge is 2.53. The maximum absolute atomic E-state index is 13.3. The van der Waals surface area contributed by atoms with E-state index in [2.05, 4.69) is 19.2 Å². The second kappa shape index (κ2) is 55.4. The molecule has 0 aliphatic carbocycles. The van der Waals surface area contributed by atoms with Crippen LogP contribution < -0.4 is 5.32 Å². The Balaban J connectivity index is 1.23. The van der Waals surface area contributed by atoms with Gasteiger partial charge >= 0.3 is 0 Å². The lowest BCUT2D eigenvalue weighted by atomic mass is 9.96. The number of nitrogens with one attached hydrogen (secondary N) is 1. The average Bonchev–Trinajstić information content (AvgIpc) is 0.795. The van der Waals surface area contributed by atoms with Crippen LogP contribution in [0.3, 0.4) is 0 Å². The molecule has 3 saturated heterocycles. The van der Waals surface area contributed by atoms with Gasteiger partial charge in [-0.2, -0.15) is 0 Å². The van der Waals surface area contributed by atoms with Gasteiger partial charge in [0.25, 0.3) is 0 Å². The van der Waals surface area contributed by atoms with E-state index in [-0.39, 0.29) is 18.9 Å². The van der Waals surface area contributed by atoms with Crippen molar-refractivity contribution in [1.82, 2.24) is 5.32 Å². The molecule has 1 amide bonds. The van der Waals surface area contributed by atoms with Gasteiger partial charge in [-0.15, -0.1) is 0 Å². The molecule has 0 saturated carbocycles. The van der Waals surface area contributed by atoms with Crippen molar-refractivity contribution in [3.05, 3.63) is 12.2 Å². The summed E-state index contributed by atoms with van der Waals surface area (Å²) in [4.78, 5) is 13.3. The Bertz CT molecular complexity index is 1720. The van der Waals surface area contributed by atoms with Crippen molar-refractivity contribution < 1.29 is 89.4 Å². The first-order valence-corrected chi connectivity index (χ1v) is 37.9. The average molecular weight is 1320 g/mol. The summed E-state index contributed by atoms with van der Waals surface area (Å²) in [6, 6.07) is -0.966. The molecule has 3 aliphatic heterocycles. The van der Waals surface area contributed by atoms with E-state index in [9.17, 15) is 61.0 Å². The van der Waals surface area contributed by atoms with Crippen molar-refractivity contribution in [1.29, 1.82) is 0 Å². The largest absolute Gasteiger partial charge is 0.394 e. The summed E-state index contributed by atoms with van der Waals surface area (Å²) in [7, 11) is 0. The van der Waals surface area contributed by atoms with Gasteiger partial charge in [0.05, 0.1) is 38.6 Å². The molecule has 12 N–H and O–H groups in total. The molecule has 0 aromatic rings. The van der Waals surface area contributed by atoms with Crippen LogP contribution in [0.5, 0.6) is 0 Å². The number of hydrogen-bond acceptors (Lipinski definition) is 18. The number of amides is 1. The van der Waals surface area contributed by atoms with Crippen LogP contribution in [-0.2, 0) is 33.2 Å². The Labute approximate surface area is 556 Å². The Morgan fingerprint density at radius 3 is 1.02 bits per heavy atom. The van der Waals surface area contributed by atoms with Gasteiger partial charge in [0.2, 0.25) is 5.91 Å². The van der Waals surface area contributed by atoms with Gasteiger partial charge in [-0.05, 0) is 19.3 Å². The molecule has 17 unspecified atom stereocenters. The number of rotatable bonds is 60. The number of carbonyl (C=O) groups excluding carboxylic acids is 1. The fourth-order valence-corrected chi connectivity index (χ4v) is 13.2. The molecule has 0 bridgehead atoms. The summed E-state index contributed by atoms with van der Waals surface area (Å²) < 4.78 is 34.2. The first-order valence-electron chi connectivity index (χ1n) is 37.9. The van der Waals surface area contributed by atoms with Crippen molar-refractivity contribution in [3.8, 4) is 0 Å². The van der Waals surface area contributed by atoms with Crippen LogP contribution in [0.25, 0.3) is 0 Å². The minimum absolute atomic E-state index is 0.249. The molecule has 3 heterocycles. The Morgan fingerprint density at radius 1 is 0.380 bits per heavy atom. The molecule has 3 fully saturated rings. The summed E-state index contributed by atoms with van der Waals surface area (Å²) in [5.41, 5.74) is 0. The fraction of sp³-hybridized carbons (Fsp3) is 0.959. The molecule has 3 rings (SSSR count). The van der Waals surface area contributed by atoms with Gasteiger partial charge in [-0.3, -0.25) is 4.79 Å². The third-order valence-corrected chi connectivity index (χ3v) is 19.3. The third kappa shape index (κ3) is 36.4. The molecule has 19 nitrogen and oxygen atoms in total. The first-order chi connectivity index (χ1) is 44.8. The maximum Gasteiger partial charge on any atom is 0.220 e. The van der Waals surface area contributed by atoms with Crippen molar-refractivity contribution >= 4 is 5.91 Å². The summed E-state index contributed by atoms with van der Waals surface area (Å²) in [5.74, 6) is -0.273. The van der Waals surface area contributed by atoms with E-state index < -0.39 is 124 Å². The molecule has 0 spiro atoms. The Hall–Kier alpha value is -1.47.